The van der Waals surface area contributed by atoms with Crippen molar-refractivity contribution in [2.24, 2.45) is 4.99 Å². The van der Waals surface area contributed by atoms with Gasteiger partial charge in [-0.25, -0.2) is 9.79 Å². The third kappa shape index (κ3) is 3.27. The molecule has 0 N–H and O–H groups in total. The van der Waals surface area contributed by atoms with Crippen LogP contribution in [0.1, 0.15) is 11.1 Å². The van der Waals surface area contributed by atoms with E-state index in [9.17, 15) is 14.9 Å². The predicted molar refractivity (Wildman–Crippen MR) is 85.2 cm³/mol. The third-order valence-electron chi connectivity index (χ3n) is 3.10. The van der Waals surface area contributed by atoms with Crippen LogP contribution in [0.3, 0.4) is 0 Å². The van der Waals surface area contributed by atoms with Crippen molar-refractivity contribution >= 4 is 35.2 Å². The van der Waals surface area contributed by atoms with Gasteiger partial charge in [-0.15, -0.1) is 0 Å². The quantitative estimate of drug-likeness (QED) is 0.373. The summed E-state index contributed by atoms with van der Waals surface area (Å²) >= 11 is 5.81. The van der Waals surface area contributed by atoms with Crippen LogP contribution in [-0.2, 0) is 9.53 Å². The number of nitro benzene ring substituents is 1. The van der Waals surface area contributed by atoms with Crippen LogP contribution in [0.15, 0.2) is 59.2 Å². The van der Waals surface area contributed by atoms with Crippen LogP contribution in [0.4, 0.5) is 5.69 Å². The molecule has 0 unspecified atom stereocenters. The highest BCUT2D eigenvalue weighted by Crippen LogP contribution is 2.22. The SMILES string of the molecule is O=C1OC(c2cccc([N+](=O)[O-])c2)=N/C1=C/c1ccc(Cl)cc1. The van der Waals surface area contributed by atoms with Gasteiger partial charge in [-0.1, -0.05) is 29.8 Å². The maximum Gasteiger partial charge on any atom is 0.363 e. The zero-order valence-electron chi connectivity index (χ0n) is 11.6. The van der Waals surface area contributed by atoms with Gasteiger partial charge in [0.1, 0.15) is 0 Å². The summed E-state index contributed by atoms with van der Waals surface area (Å²) in [6.07, 6.45) is 1.56. The summed E-state index contributed by atoms with van der Waals surface area (Å²) in [5.41, 5.74) is 1.13. The number of halogens is 1. The van der Waals surface area contributed by atoms with Crippen molar-refractivity contribution < 1.29 is 14.5 Å². The average Bonchev–Trinajstić information content (AvgIpc) is 2.91. The van der Waals surface area contributed by atoms with Crippen molar-refractivity contribution in [2.45, 2.75) is 0 Å². The molecule has 0 bridgehead atoms. The largest absolute Gasteiger partial charge is 0.402 e. The fourth-order valence-corrected chi connectivity index (χ4v) is 2.13. The van der Waals surface area contributed by atoms with Gasteiger partial charge >= 0.3 is 5.97 Å². The number of carbonyl (C=O) groups is 1. The molecule has 0 atom stereocenters. The van der Waals surface area contributed by atoms with E-state index in [1.165, 1.54) is 18.2 Å². The molecular formula is C16H9ClN2O4. The Hall–Kier alpha value is -2.99. The van der Waals surface area contributed by atoms with Crippen molar-refractivity contribution in [3.8, 4) is 0 Å². The fraction of sp³-hybridized carbons (Fsp3) is 0. The van der Waals surface area contributed by atoms with Gasteiger partial charge in [0.2, 0.25) is 5.90 Å². The van der Waals surface area contributed by atoms with Crippen molar-refractivity contribution in [1.82, 2.24) is 0 Å². The van der Waals surface area contributed by atoms with E-state index in [-0.39, 0.29) is 17.3 Å². The predicted octanol–water partition coefficient (Wildman–Crippen LogP) is 3.59. The first kappa shape index (κ1) is 14.9. The number of rotatable bonds is 3. The lowest BCUT2D eigenvalue weighted by molar-refractivity contribution is -0.384. The molecule has 2 aromatic rings. The van der Waals surface area contributed by atoms with Gasteiger partial charge < -0.3 is 4.74 Å². The first-order valence-electron chi connectivity index (χ1n) is 6.56. The number of hydrogen-bond donors (Lipinski definition) is 0. The van der Waals surface area contributed by atoms with Gasteiger partial charge in [-0.3, -0.25) is 10.1 Å². The number of nitro groups is 1. The van der Waals surface area contributed by atoms with Crippen LogP contribution < -0.4 is 0 Å². The molecule has 6 nitrogen and oxygen atoms in total. The number of aliphatic imine (C=N–C) groups is 1. The van der Waals surface area contributed by atoms with E-state index in [1.807, 2.05) is 0 Å². The summed E-state index contributed by atoms with van der Waals surface area (Å²) in [7, 11) is 0. The fourth-order valence-electron chi connectivity index (χ4n) is 2.00. The third-order valence-corrected chi connectivity index (χ3v) is 3.35. The van der Waals surface area contributed by atoms with Crippen LogP contribution in [0, 0.1) is 10.1 Å². The Kier molecular flexibility index (Phi) is 3.91. The van der Waals surface area contributed by atoms with Gasteiger partial charge in [0, 0.05) is 22.7 Å². The number of ether oxygens (including phenoxy) is 1. The average molecular weight is 329 g/mol. The second kappa shape index (κ2) is 6.02. The number of nitrogens with zero attached hydrogens (tertiary/aromatic N) is 2. The Morgan fingerprint density at radius 2 is 1.91 bits per heavy atom. The molecule has 1 aliphatic heterocycles. The van der Waals surface area contributed by atoms with Gasteiger partial charge in [-0.05, 0) is 29.8 Å². The minimum absolute atomic E-state index is 0.0407. The lowest BCUT2D eigenvalue weighted by Crippen LogP contribution is -2.05. The van der Waals surface area contributed by atoms with Gasteiger partial charge in [-0.2, -0.15) is 0 Å². The minimum Gasteiger partial charge on any atom is -0.402 e. The normalized spacial score (nSPS) is 15.4. The summed E-state index contributed by atoms with van der Waals surface area (Å²) in [5.74, 6) is -0.569. The Morgan fingerprint density at radius 3 is 2.61 bits per heavy atom. The molecule has 3 rings (SSSR count). The maximum absolute atomic E-state index is 11.9. The van der Waals surface area contributed by atoms with E-state index >= 15 is 0 Å². The molecule has 7 heteroatoms. The molecule has 1 heterocycles. The summed E-state index contributed by atoms with van der Waals surface area (Å²) in [6.45, 7) is 0. The zero-order chi connectivity index (χ0) is 16.4. The highest BCUT2D eigenvalue weighted by Gasteiger charge is 2.25. The van der Waals surface area contributed by atoms with Crippen LogP contribution in [0.5, 0.6) is 0 Å². The minimum atomic E-state index is -0.610. The molecule has 0 aromatic heterocycles. The molecule has 0 radical (unpaired) electrons. The molecule has 114 valence electrons. The van der Waals surface area contributed by atoms with E-state index in [1.54, 1.807) is 36.4 Å². The zero-order valence-corrected chi connectivity index (χ0v) is 12.4. The Bertz CT molecular complexity index is 857. The first-order valence-corrected chi connectivity index (χ1v) is 6.94. The Labute approximate surface area is 135 Å². The second-order valence-corrected chi connectivity index (χ2v) is 5.13. The lowest BCUT2D eigenvalue weighted by Gasteiger charge is -1.98. The van der Waals surface area contributed by atoms with Crippen LogP contribution in [-0.4, -0.2) is 16.8 Å². The molecule has 0 fully saturated rings. The van der Waals surface area contributed by atoms with E-state index < -0.39 is 10.9 Å². The summed E-state index contributed by atoms with van der Waals surface area (Å²) in [5, 5.41) is 11.4. The van der Waals surface area contributed by atoms with Gasteiger partial charge in [0.15, 0.2) is 5.70 Å². The summed E-state index contributed by atoms with van der Waals surface area (Å²) < 4.78 is 5.08. The molecule has 0 amide bonds. The number of benzene rings is 2. The maximum atomic E-state index is 11.9. The van der Waals surface area contributed by atoms with E-state index in [0.717, 1.165) is 5.56 Å². The number of non-ortho nitro benzene ring substituents is 1. The van der Waals surface area contributed by atoms with Crippen LogP contribution in [0.2, 0.25) is 5.02 Å². The summed E-state index contributed by atoms with van der Waals surface area (Å²) in [4.78, 5) is 26.3. The molecular weight excluding hydrogens is 320 g/mol. The van der Waals surface area contributed by atoms with Crippen molar-refractivity contribution in [1.29, 1.82) is 0 Å². The second-order valence-electron chi connectivity index (χ2n) is 4.70. The first-order chi connectivity index (χ1) is 11.0. The van der Waals surface area contributed by atoms with E-state index in [4.69, 9.17) is 16.3 Å². The van der Waals surface area contributed by atoms with E-state index in [0.29, 0.717) is 10.6 Å². The van der Waals surface area contributed by atoms with Gasteiger partial charge in [0.05, 0.1) is 4.92 Å². The van der Waals surface area contributed by atoms with Crippen molar-refractivity contribution in [2.75, 3.05) is 0 Å². The van der Waals surface area contributed by atoms with Crippen LogP contribution >= 0.6 is 11.6 Å². The highest BCUT2D eigenvalue weighted by molar-refractivity contribution is 6.30. The molecule has 23 heavy (non-hydrogen) atoms. The van der Waals surface area contributed by atoms with Crippen molar-refractivity contribution in [3.05, 3.63) is 80.5 Å². The van der Waals surface area contributed by atoms with Crippen LogP contribution in [0.25, 0.3) is 6.08 Å². The molecule has 1 aliphatic rings. The molecule has 0 aliphatic carbocycles. The number of esters is 1. The smallest absolute Gasteiger partial charge is 0.363 e. The highest BCUT2D eigenvalue weighted by atomic mass is 35.5. The standard InChI is InChI=1S/C16H9ClN2O4/c17-12-6-4-10(5-7-12)8-14-16(20)23-15(18-14)11-2-1-3-13(9-11)19(21)22/h1-9H/b14-8+. The Morgan fingerprint density at radius 1 is 1.17 bits per heavy atom. The van der Waals surface area contributed by atoms with E-state index in [2.05, 4.69) is 4.99 Å². The number of carbonyl (C=O) groups excluding carboxylic acids is 1. The molecule has 2 aromatic carbocycles. The van der Waals surface area contributed by atoms with Gasteiger partial charge in [0.25, 0.3) is 5.69 Å². The monoisotopic (exact) mass is 328 g/mol. The number of cyclic esters (lactones) is 1. The molecule has 0 saturated carbocycles. The molecule has 0 spiro atoms. The molecule has 0 saturated heterocycles. The number of hydrogen-bond acceptors (Lipinski definition) is 5. The topological polar surface area (TPSA) is 81.8 Å². The Balaban J connectivity index is 1.93. The van der Waals surface area contributed by atoms with Crippen molar-refractivity contribution in [3.63, 3.8) is 0 Å². The summed E-state index contributed by atoms with van der Waals surface area (Å²) in [6, 6.07) is 12.6. The lowest BCUT2D eigenvalue weighted by atomic mass is 10.2.